The molecule has 0 spiro atoms. The topological polar surface area (TPSA) is 64.4 Å². The van der Waals surface area contributed by atoms with Crippen molar-refractivity contribution in [3.8, 4) is 5.75 Å². The van der Waals surface area contributed by atoms with Gasteiger partial charge in [0.25, 0.3) is 0 Å². The molecule has 2 aromatic rings. The molecule has 2 heterocycles. The maximum Gasteiger partial charge on any atom is 0.246 e. The number of piperidine rings is 1. The maximum absolute atomic E-state index is 13.1. The lowest BCUT2D eigenvalue weighted by Crippen LogP contribution is -2.38. The molecular formula is C19H27N3O3S. The van der Waals surface area contributed by atoms with E-state index in [0.29, 0.717) is 48.4 Å². The molecule has 0 radical (unpaired) electrons. The van der Waals surface area contributed by atoms with Crippen LogP contribution in [0, 0.1) is 19.8 Å². The van der Waals surface area contributed by atoms with Gasteiger partial charge in [-0.1, -0.05) is 25.1 Å². The first kappa shape index (κ1) is 18.9. The van der Waals surface area contributed by atoms with E-state index in [4.69, 9.17) is 4.74 Å². The first-order valence-electron chi connectivity index (χ1n) is 9.11. The largest absolute Gasteiger partial charge is 0.492 e. The van der Waals surface area contributed by atoms with Gasteiger partial charge in [-0.15, -0.1) is 0 Å². The van der Waals surface area contributed by atoms with E-state index in [1.54, 1.807) is 15.9 Å². The fourth-order valence-electron chi connectivity index (χ4n) is 3.39. The highest BCUT2D eigenvalue weighted by Crippen LogP contribution is 2.27. The predicted octanol–water partition coefficient (Wildman–Crippen LogP) is 3.00. The Kier molecular flexibility index (Phi) is 5.67. The number of aromatic nitrogens is 2. The van der Waals surface area contributed by atoms with Crippen molar-refractivity contribution in [3.63, 3.8) is 0 Å². The molecule has 1 aromatic carbocycles. The second kappa shape index (κ2) is 7.80. The van der Waals surface area contributed by atoms with Crippen molar-refractivity contribution in [2.45, 2.75) is 45.1 Å². The van der Waals surface area contributed by atoms with Gasteiger partial charge < -0.3 is 4.74 Å². The van der Waals surface area contributed by atoms with E-state index in [1.165, 1.54) is 0 Å². The molecule has 1 aliphatic heterocycles. The van der Waals surface area contributed by atoms with Gasteiger partial charge in [-0.05, 0) is 44.7 Å². The number of hydrogen-bond acceptors (Lipinski definition) is 4. The average Bonchev–Trinajstić information content (AvgIpc) is 2.90. The van der Waals surface area contributed by atoms with Crippen LogP contribution in [0.15, 0.2) is 35.2 Å². The van der Waals surface area contributed by atoms with E-state index in [-0.39, 0.29) is 0 Å². The second-order valence-electron chi connectivity index (χ2n) is 6.97. The van der Waals surface area contributed by atoms with Gasteiger partial charge in [0, 0.05) is 13.1 Å². The lowest BCUT2D eigenvalue weighted by molar-refractivity contribution is 0.286. The molecule has 0 bridgehead atoms. The fourth-order valence-corrected chi connectivity index (χ4v) is 5.24. The van der Waals surface area contributed by atoms with Crippen LogP contribution in [-0.4, -0.2) is 42.2 Å². The van der Waals surface area contributed by atoms with Gasteiger partial charge in [0.2, 0.25) is 10.0 Å². The molecule has 1 aromatic heterocycles. The Morgan fingerprint density at radius 1 is 1.15 bits per heavy atom. The van der Waals surface area contributed by atoms with E-state index in [0.717, 1.165) is 18.6 Å². The number of para-hydroxylation sites is 1. The number of hydrogen-bond donors (Lipinski definition) is 0. The van der Waals surface area contributed by atoms with Gasteiger partial charge in [0.05, 0.1) is 17.9 Å². The third-order valence-corrected chi connectivity index (χ3v) is 7.12. The summed E-state index contributed by atoms with van der Waals surface area (Å²) >= 11 is 0. The first-order chi connectivity index (χ1) is 12.4. The Morgan fingerprint density at radius 2 is 1.81 bits per heavy atom. The molecule has 0 saturated carbocycles. The smallest absolute Gasteiger partial charge is 0.246 e. The molecule has 0 aliphatic carbocycles. The number of nitrogens with zero attached hydrogens (tertiary/aromatic N) is 3. The van der Waals surface area contributed by atoms with Crippen LogP contribution in [0.5, 0.6) is 5.75 Å². The minimum Gasteiger partial charge on any atom is -0.492 e. The Bertz CT molecular complexity index is 838. The summed E-state index contributed by atoms with van der Waals surface area (Å²) in [5, 5.41) is 4.45. The highest BCUT2D eigenvalue weighted by Gasteiger charge is 2.32. The number of rotatable bonds is 6. The van der Waals surface area contributed by atoms with Crippen molar-refractivity contribution in [2.24, 2.45) is 5.92 Å². The van der Waals surface area contributed by atoms with Crippen molar-refractivity contribution in [2.75, 3.05) is 19.7 Å². The fraction of sp³-hybridized carbons (Fsp3) is 0.526. The molecule has 142 valence electrons. The Morgan fingerprint density at radius 3 is 2.46 bits per heavy atom. The molecule has 1 fully saturated rings. The minimum atomic E-state index is -3.49. The third kappa shape index (κ3) is 3.94. The summed E-state index contributed by atoms with van der Waals surface area (Å²) in [6, 6.07) is 9.57. The highest BCUT2D eigenvalue weighted by molar-refractivity contribution is 7.89. The average molecular weight is 378 g/mol. The van der Waals surface area contributed by atoms with Crippen molar-refractivity contribution in [1.29, 1.82) is 0 Å². The van der Waals surface area contributed by atoms with Crippen LogP contribution in [0.3, 0.4) is 0 Å². The lowest BCUT2D eigenvalue weighted by atomic mass is 10.0. The number of benzene rings is 1. The van der Waals surface area contributed by atoms with Crippen LogP contribution in [0.25, 0.3) is 0 Å². The Hall–Kier alpha value is -1.86. The van der Waals surface area contributed by atoms with Gasteiger partial charge in [-0.2, -0.15) is 9.40 Å². The molecule has 26 heavy (non-hydrogen) atoms. The molecule has 0 unspecified atom stereocenters. The lowest BCUT2D eigenvalue weighted by Gasteiger charge is -2.29. The van der Waals surface area contributed by atoms with Crippen LogP contribution < -0.4 is 4.74 Å². The maximum atomic E-state index is 13.1. The highest BCUT2D eigenvalue weighted by atomic mass is 32.2. The van der Waals surface area contributed by atoms with Crippen LogP contribution in [-0.2, 0) is 16.6 Å². The molecule has 0 N–H and O–H groups in total. The van der Waals surface area contributed by atoms with E-state index in [9.17, 15) is 8.42 Å². The SMILES string of the molecule is Cc1nn(CCOc2ccccc2)c(C)c1S(=O)(=O)N1CCC(C)CC1. The van der Waals surface area contributed by atoms with Crippen LogP contribution in [0.4, 0.5) is 0 Å². The Labute approximate surface area is 155 Å². The van der Waals surface area contributed by atoms with Crippen molar-refractivity contribution >= 4 is 10.0 Å². The summed E-state index contributed by atoms with van der Waals surface area (Å²) in [5.74, 6) is 1.38. The van der Waals surface area contributed by atoms with Crippen molar-refractivity contribution < 1.29 is 13.2 Å². The first-order valence-corrected chi connectivity index (χ1v) is 10.6. The zero-order chi connectivity index (χ0) is 18.7. The second-order valence-corrected chi connectivity index (χ2v) is 8.85. The van der Waals surface area contributed by atoms with E-state index in [2.05, 4.69) is 12.0 Å². The predicted molar refractivity (Wildman–Crippen MR) is 101 cm³/mol. The van der Waals surface area contributed by atoms with Crippen LogP contribution in [0.2, 0.25) is 0 Å². The number of aryl methyl sites for hydroxylation is 1. The van der Waals surface area contributed by atoms with Crippen LogP contribution >= 0.6 is 0 Å². The zero-order valence-corrected chi connectivity index (χ0v) is 16.5. The summed E-state index contributed by atoms with van der Waals surface area (Å²) in [6.45, 7) is 7.88. The van der Waals surface area contributed by atoms with Crippen LogP contribution in [0.1, 0.15) is 31.2 Å². The van der Waals surface area contributed by atoms with Crippen molar-refractivity contribution in [1.82, 2.24) is 14.1 Å². The molecule has 7 heteroatoms. The molecule has 1 saturated heterocycles. The van der Waals surface area contributed by atoms with Gasteiger partial charge >= 0.3 is 0 Å². The standard InChI is InChI=1S/C19H27N3O3S/c1-15-9-11-21(12-10-15)26(23,24)19-16(2)20-22(17(19)3)13-14-25-18-7-5-4-6-8-18/h4-8,15H,9-14H2,1-3H3. The Balaban J connectivity index is 1.73. The van der Waals surface area contributed by atoms with Gasteiger partial charge in [-0.25, -0.2) is 8.42 Å². The molecule has 0 atom stereocenters. The van der Waals surface area contributed by atoms with E-state index < -0.39 is 10.0 Å². The van der Waals surface area contributed by atoms with Gasteiger partial charge in [-0.3, -0.25) is 4.68 Å². The normalized spacial score (nSPS) is 16.7. The summed E-state index contributed by atoms with van der Waals surface area (Å²) in [7, 11) is -3.49. The van der Waals surface area contributed by atoms with Gasteiger partial charge in [0.1, 0.15) is 17.3 Å². The number of sulfonamides is 1. The molecule has 1 aliphatic rings. The zero-order valence-electron chi connectivity index (χ0n) is 15.7. The number of ether oxygens (including phenoxy) is 1. The molecular weight excluding hydrogens is 350 g/mol. The van der Waals surface area contributed by atoms with E-state index >= 15 is 0 Å². The summed E-state index contributed by atoms with van der Waals surface area (Å²) < 4.78 is 35.2. The van der Waals surface area contributed by atoms with Crippen molar-refractivity contribution in [3.05, 3.63) is 41.7 Å². The quantitative estimate of drug-likeness (QED) is 0.776. The van der Waals surface area contributed by atoms with E-state index in [1.807, 2.05) is 37.3 Å². The monoisotopic (exact) mass is 377 g/mol. The third-order valence-electron chi connectivity index (χ3n) is 4.97. The minimum absolute atomic E-state index is 0.353. The summed E-state index contributed by atoms with van der Waals surface area (Å²) in [6.07, 6.45) is 1.83. The summed E-state index contributed by atoms with van der Waals surface area (Å²) in [5.41, 5.74) is 1.23. The van der Waals surface area contributed by atoms with Gasteiger partial charge in [0.15, 0.2) is 0 Å². The molecule has 3 rings (SSSR count). The summed E-state index contributed by atoms with van der Waals surface area (Å²) in [4.78, 5) is 0.353. The molecule has 0 amide bonds. The molecule has 6 nitrogen and oxygen atoms in total.